The van der Waals surface area contributed by atoms with Crippen LogP contribution in [0.25, 0.3) is 0 Å². The van der Waals surface area contributed by atoms with Gasteiger partial charge in [-0.05, 0) is 18.9 Å². The molecule has 0 aliphatic carbocycles. The van der Waals surface area contributed by atoms with Crippen LogP contribution < -0.4 is 0 Å². The van der Waals surface area contributed by atoms with Crippen LogP contribution in [0.15, 0.2) is 47.0 Å². The molecule has 1 aliphatic rings. The number of benzene rings is 1. The number of nitrogens with zero attached hydrogens (tertiary/aromatic N) is 1. The highest BCUT2D eigenvalue weighted by molar-refractivity contribution is 5.97. The zero-order chi connectivity index (χ0) is 13.0. The largest absolute Gasteiger partial charge is 0.478 e. The molecule has 0 saturated heterocycles. The van der Waals surface area contributed by atoms with Crippen LogP contribution in [0, 0.1) is 0 Å². The lowest BCUT2D eigenvalue weighted by Crippen LogP contribution is -2.09. The lowest BCUT2D eigenvalue weighted by molar-refractivity contribution is -0.132. The van der Waals surface area contributed by atoms with E-state index < -0.39 is 5.97 Å². The predicted octanol–water partition coefficient (Wildman–Crippen LogP) is 2.06. The Labute approximate surface area is 106 Å². The average molecular weight is 245 g/mol. The van der Waals surface area contributed by atoms with Gasteiger partial charge in [-0.1, -0.05) is 30.3 Å². The molecule has 2 rings (SSSR count). The number of aliphatic imine (C=N–C) groups is 1. The third kappa shape index (κ3) is 3.20. The summed E-state index contributed by atoms with van der Waals surface area (Å²) in [6.45, 7) is 2.03. The number of hydrogen-bond donors (Lipinski definition) is 1. The van der Waals surface area contributed by atoms with E-state index in [0.717, 1.165) is 6.42 Å². The van der Waals surface area contributed by atoms with Gasteiger partial charge in [0.15, 0.2) is 0 Å². The lowest BCUT2D eigenvalue weighted by atomic mass is 10.1. The Balaban J connectivity index is 2.01. The smallest absolute Gasteiger partial charge is 0.331 e. The second-order valence-electron chi connectivity index (χ2n) is 4.25. The fraction of sp³-hybridized carbons (Fsp3) is 0.286. The van der Waals surface area contributed by atoms with Crippen LogP contribution in [-0.2, 0) is 16.0 Å². The summed E-state index contributed by atoms with van der Waals surface area (Å²) in [5.74, 6) is -0.538. The molecule has 94 valence electrons. The zero-order valence-corrected chi connectivity index (χ0v) is 10.2. The summed E-state index contributed by atoms with van der Waals surface area (Å²) in [4.78, 5) is 15.0. The van der Waals surface area contributed by atoms with Gasteiger partial charge in [-0.3, -0.25) is 0 Å². The zero-order valence-electron chi connectivity index (χ0n) is 10.2. The molecule has 4 nitrogen and oxygen atoms in total. The number of aliphatic carboxylic acids is 1. The first kappa shape index (κ1) is 12.4. The van der Waals surface area contributed by atoms with E-state index in [4.69, 9.17) is 9.84 Å². The number of ether oxygens (including phenoxy) is 1. The molecule has 0 spiro atoms. The van der Waals surface area contributed by atoms with Crippen molar-refractivity contribution in [1.29, 1.82) is 0 Å². The van der Waals surface area contributed by atoms with E-state index in [9.17, 15) is 4.79 Å². The summed E-state index contributed by atoms with van der Waals surface area (Å²) < 4.78 is 5.37. The Morgan fingerprint density at radius 1 is 1.50 bits per heavy atom. The van der Waals surface area contributed by atoms with E-state index in [1.807, 2.05) is 30.3 Å². The monoisotopic (exact) mass is 245 g/mol. The van der Waals surface area contributed by atoms with Crippen LogP contribution in [0.4, 0.5) is 0 Å². The molecule has 0 unspecified atom stereocenters. The molecule has 4 heteroatoms. The molecular weight excluding hydrogens is 230 g/mol. The molecule has 1 atom stereocenters. The molecule has 0 radical (unpaired) electrons. The number of carbonyl (C=O) groups is 1. The summed E-state index contributed by atoms with van der Waals surface area (Å²) >= 11 is 0. The second-order valence-corrected chi connectivity index (χ2v) is 4.25. The van der Waals surface area contributed by atoms with Crippen LogP contribution in [0.5, 0.6) is 0 Å². The summed E-state index contributed by atoms with van der Waals surface area (Å²) in [6.07, 6.45) is 2.28. The van der Waals surface area contributed by atoms with Crippen LogP contribution in [0.2, 0.25) is 0 Å². The lowest BCUT2D eigenvalue weighted by Gasteiger charge is -2.03. The van der Waals surface area contributed by atoms with E-state index in [2.05, 4.69) is 4.99 Å². The molecule has 0 amide bonds. The van der Waals surface area contributed by atoms with E-state index in [0.29, 0.717) is 12.5 Å². The maximum atomic E-state index is 10.7. The Kier molecular flexibility index (Phi) is 3.77. The molecule has 1 aliphatic heterocycles. The quantitative estimate of drug-likeness (QED) is 0.826. The summed E-state index contributed by atoms with van der Waals surface area (Å²) in [5.41, 5.74) is 1.43. The van der Waals surface area contributed by atoms with Crippen molar-refractivity contribution < 1.29 is 14.6 Å². The van der Waals surface area contributed by atoms with Crippen LogP contribution >= 0.6 is 0 Å². The van der Waals surface area contributed by atoms with E-state index in [1.165, 1.54) is 18.6 Å². The minimum absolute atomic E-state index is 0.0697. The highest BCUT2D eigenvalue weighted by Crippen LogP contribution is 2.13. The first-order chi connectivity index (χ1) is 8.65. The predicted molar refractivity (Wildman–Crippen MR) is 68.7 cm³/mol. The van der Waals surface area contributed by atoms with E-state index in [-0.39, 0.29) is 11.6 Å². The van der Waals surface area contributed by atoms with Crippen LogP contribution in [0.1, 0.15) is 12.5 Å². The van der Waals surface area contributed by atoms with Gasteiger partial charge in [-0.25, -0.2) is 9.79 Å². The first-order valence-corrected chi connectivity index (χ1v) is 5.81. The van der Waals surface area contributed by atoms with Gasteiger partial charge in [0, 0.05) is 11.6 Å². The van der Waals surface area contributed by atoms with Crippen molar-refractivity contribution in [2.45, 2.75) is 19.4 Å². The van der Waals surface area contributed by atoms with Crippen molar-refractivity contribution >= 4 is 11.9 Å². The fourth-order valence-electron chi connectivity index (χ4n) is 1.75. The van der Waals surface area contributed by atoms with Crippen LogP contribution in [0.3, 0.4) is 0 Å². The van der Waals surface area contributed by atoms with Crippen molar-refractivity contribution in [2.75, 3.05) is 6.61 Å². The summed E-state index contributed by atoms with van der Waals surface area (Å²) in [5, 5.41) is 8.76. The molecule has 1 aromatic carbocycles. The third-order valence-electron chi connectivity index (χ3n) is 2.72. The number of carboxylic acid groups (broad SMARTS) is 1. The van der Waals surface area contributed by atoms with Crippen molar-refractivity contribution in [3.63, 3.8) is 0 Å². The van der Waals surface area contributed by atoms with Gasteiger partial charge in [-0.2, -0.15) is 0 Å². The van der Waals surface area contributed by atoms with Gasteiger partial charge in [0.25, 0.3) is 0 Å². The van der Waals surface area contributed by atoms with E-state index >= 15 is 0 Å². The maximum Gasteiger partial charge on any atom is 0.331 e. The highest BCUT2D eigenvalue weighted by atomic mass is 16.5. The van der Waals surface area contributed by atoms with Gasteiger partial charge in [-0.15, -0.1) is 0 Å². The van der Waals surface area contributed by atoms with Gasteiger partial charge >= 0.3 is 5.97 Å². The maximum absolute atomic E-state index is 10.7. The molecule has 0 aromatic heterocycles. The molecular formula is C14H15NO3. The average Bonchev–Trinajstić information content (AvgIpc) is 2.77. The van der Waals surface area contributed by atoms with Gasteiger partial charge < -0.3 is 9.84 Å². The molecule has 1 heterocycles. The summed E-state index contributed by atoms with van der Waals surface area (Å²) in [7, 11) is 0. The van der Waals surface area contributed by atoms with Gasteiger partial charge in [0.05, 0.1) is 6.04 Å². The molecule has 0 fully saturated rings. The highest BCUT2D eigenvalue weighted by Gasteiger charge is 2.18. The van der Waals surface area contributed by atoms with E-state index in [1.54, 1.807) is 0 Å². The fourth-order valence-corrected chi connectivity index (χ4v) is 1.75. The van der Waals surface area contributed by atoms with Crippen molar-refractivity contribution in [3.05, 3.63) is 47.5 Å². The third-order valence-corrected chi connectivity index (χ3v) is 2.72. The van der Waals surface area contributed by atoms with Gasteiger partial charge in [0.2, 0.25) is 5.90 Å². The Morgan fingerprint density at radius 3 is 2.89 bits per heavy atom. The van der Waals surface area contributed by atoms with Crippen molar-refractivity contribution in [3.8, 4) is 0 Å². The summed E-state index contributed by atoms with van der Waals surface area (Å²) in [6, 6.07) is 10.1. The topological polar surface area (TPSA) is 58.9 Å². The molecule has 0 saturated carbocycles. The van der Waals surface area contributed by atoms with Crippen molar-refractivity contribution in [1.82, 2.24) is 0 Å². The Morgan fingerprint density at radius 2 is 2.22 bits per heavy atom. The standard InChI is InChI=1S/C14H15NO3/c1-10(14(16)17)7-13-15-12(9-18-13)8-11-5-3-2-4-6-11/h2-7,12H,8-9H2,1H3,(H,16,17)/b10-7+/t12-/m0/s1. The van der Waals surface area contributed by atoms with Gasteiger partial charge in [0.1, 0.15) is 6.61 Å². The first-order valence-electron chi connectivity index (χ1n) is 5.81. The number of rotatable bonds is 4. The van der Waals surface area contributed by atoms with Crippen molar-refractivity contribution in [2.24, 2.45) is 4.99 Å². The minimum atomic E-state index is -0.951. The second kappa shape index (κ2) is 5.49. The Bertz CT molecular complexity index is 491. The molecule has 0 bridgehead atoms. The Hall–Kier alpha value is -2.10. The molecule has 1 aromatic rings. The number of hydrogen-bond acceptors (Lipinski definition) is 3. The molecule has 18 heavy (non-hydrogen) atoms. The van der Waals surface area contributed by atoms with Crippen LogP contribution in [-0.4, -0.2) is 29.6 Å². The minimum Gasteiger partial charge on any atom is -0.478 e. The molecule has 1 N–H and O–H groups in total. The number of carboxylic acids is 1. The normalized spacial score (nSPS) is 19.3. The SMILES string of the molecule is C/C(=C\C1=N[C@@H](Cc2ccccc2)CO1)C(=O)O.